The lowest BCUT2D eigenvalue weighted by molar-refractivity contribution is -0.479. The molecule has 3 aromatic carbocycles. The van der Waals surface area contributed by atoms with Crippen LogP contribution in [0.1, 0.15) is 27.8 Å². The van der Waals surface area contributed by atoms with Gasteiger partial charge >= 0.3 is 0 Å². The smallest absolute Gasteiger partial charge is 0.220 e. The quantitative estimate of drug-likeness (QED) is 0.138. The van der Waals surface area contributed by atoms with Crippen LogP contribution < -0.4 is 9.47 Å². The highest BCUT2D eigenvalue weighted by Gasteiger charge is 2.25. The van der Waals surface area contributed by atoms with Gasteiger partial charge in [0.05, 0.1) is 7.11 Å². The van der Waals surface area contributed by atoms with Crippen LogP contribution in [0.3, 0.4) is 0 Å². The summed E-state index contributed by atoms with van der Waals surface area (Å²) in [6, 6.07) is 20.7. The van der Waals surface area contributed by atoms with E-state index in [0.717, 1.165) is 16.8 Å². The molecular formula is C26H25ClN4O4S. The summed E-state index contributed by atoms with van der Waals surface area (Å²) in [5.74, 6) is 1.73. The van der Waals surface area contributed by atoms with Crippen LogP contribution in [0.5, 0.6) is 11.5 Å². The molecule has 0 spiro atoms. The average Bonchev–Trinajstić information content (AvgIpc) is 3.23. The van der Waals surface area contributed by atoms with Gasteiger partial charge in [0, 0.05) is 15.6 Å². The number of aromatic nitrogens is 3. The van der Waals surface area contributed by atoms with Gasteiger partial charge in [-0.25, -0.2) is 0 Å². The largest absolute Gasteiger partial charge is 0.493 e. The summed E-state index contributed by atoms with van der Waals surface area (Å²) < 4.78 is 13.4. The first-order chi connectivity index (χ1) is 17.3. The van der Waals surface area contributed by atoms with Crippen LogP contribution in [0.4, 0.5) is 0 Å². The molecule has 1 aromatic heterocycles. The highest BCUT2D eigenvalue weighted by Crippen LogP contribution is 2.39. The van der Waals surface area contributed by atoms with Crippen molar-refractivity contribution in [1.82, 2.24) is 14.8 Å². The summed E-state index contributed by atoms with van der Waals surface area (Å²) in [6.07, 6.45) is 0. The Kier molecular flexibility index (Phi) is 8.12. The number of aryl methyl sites for hydroxylation is 2. The highest BCUT2D eigenvalue weighted by molar-refractivity contribution is 7.99. The minimum atomic E-state index is -0.533. The van der Waals surface area contributed by atoms with Gasteiger partial charge < -0.3 is 9.47 Å². The monoisotopic (exact) mass is 524 g/mol. The second-order valence-corrected chi connectivity index (χ2v) is 9.75. The third-order valence-electron chi connectivity index (χ3n) is 5.52. The van der Waals surface area contributed by atoms with Crippen molar-refractivity contribution in [1.29, 1.82) is 0 Å². The number of hydrogen-bond donors (Lipinski definition) is 0. The topological polar surface area (TPSA) is 92.3 Å². The molecule has 8 nitrogen and oxygen atoms in total. The van der Waals surface area contributed by atoms with Gasteiger partial charge in [-0.15, -0.1) is 10.2 Å². The predicted molar refractivity (Wildman–Crippen MR) is 140 cm³/mol. The third kappa shape index (κ3) is 6.16. The molecule has 0 aliphatic carbocycles. The van der Waals surface area contributed by atoms with Crippen molar-refractivity contribution in [3.8, 4) is 17.2 Å². The first kappa shape index (κ1) is 25.5. The minimum Gasteiger partial charge on any atom is -0.493 e. The Morgan fingerprint density at radius 2 is 1.75 bits per heavy atom. The zero-order valence-corrected chi connectivity index (χ0v) is 21.6. The number of thioether (sulfide) groups is 1. The molecule has 0 bridgehead atoms. The number of methoxy groups -OCH3 is 1. The average molecular weight is 525 g/mol. The van der Waals surface area contributed by atoms with Crippen molar-refractivity contribution in [2.24, 2.45) is 0 Å². The van der Waals surface area contributed by atoms with Gasteiger partial charge in [0.2, 0.25) is 6.54 Å². The first-order valence-electron chi connectivity index (χ1n) is 11.2. The van der Waals surface area contributed by atoms with E-state index in [4.69, 9.17) is 21.1 Å². The van der Waals surface area contributed by atoms with Crippen LogP contribution in [-0.4, -0.2) is 33.3 Å². The van der Waals surface area contributed by atoms with E-state index in [2.05, 4.69) is 10.2 Å². The molecule has 36 heavy (non-hydrogen) atoms. The Hall–Kier alpha value is -3.56. The zero-order valence-electron chi connectivity index (χ0n) is 20.1. The van der Waals surface area contributed by atoms with Crippen molar-refractivity contribution in [3.63, 3.8) is 0 Å². The summed E-state index contributed by atoms with van der Waals surface area (Å²) in [5, 5.41) is 20.6. The Balaban J connectivity index is 1.59. The number of nitrogens with zero attached hydrogens (tertiary/aromatic N) is 4. The summed E-state index contributed by atoms with van der Waals surface area (Å²) in [6.45, 7) is 3.94. The second-order valence-electron chi connectivity index (χ2n) is 8.15. The number of hydrogen-bond acceptors (Lipinski definition) is 7. The summed E-state index contributed by atoms with van der Waals surface area (Å²) in [7, 11) is 1.55. The summed E-state index contributed by atoms with van der Waals surface area (Å²) in [5.41, 5.74) is 3.75. The van der Waals surface area contributed by atoms with E-state index in [1.165, 1.54) is 17.3 Å². The van der Waals surface area contributed by atoms with Crippen molar-refractivity contribution in [2.75, 3.05) is 13.7 Å². The fourth-order valence-electron chi connectivity index (χ4n) is 3.63. The molecule has 0 unspecified atom stereocenters. The number of benzene rings is 3. The fraction of sp³-hybridized carbons (Fsp3) is 0.231. The third-order valence-corrected chi connectivity index (χ3v) is 6.95. The van der Waals surface area contributed by atoms with Crippen LogP contribution >= 0.6 is 23.4 Å². The molecule has 0 aliphatic heterocycles. The number of nitro groups is 1. The Bertz CT molecular complexity index is 1340. The minimum absolute atomic E-state index is 0.302. The lowest BCUT2D eigenvalue weighted by atomic mass is 10.1. The number of halogens is 1. The van der Waals surface area contributed by atoms with Gasteiger partial charge in [-0.2, -0.15) is 0 Å². The van der Waals surface area contributed by atoms with Gasteiger partial charge in [-0.05, 0) is 61.4 Å². The van der Waals surface area contributed by atoms with E-state index >= 15 is 0 Å². The summed E-state index contributed by atoms with van der Waals surface area (Å²) in [4.78, 5) is 11.2. The molecule has 0 radical (unpaired) electrons. The maximum atomic E-state index is 11.6. The molecule has 4 rings (SSSR count). The van der Waals surface area contributed by atoms with E-state index in [0.29, 0.717) is 34.1 Å². The van der Waals surface area contributed by atoms with Gasteiger partial charge in [-0.1, -0.05) is 59.3 Å². The maximum Gasteiger partial charge on any atom is 0.220 e. The molecule has 0 fully saturated rings. The predicted octanol–water partition coefficient (Wildman–Crippen LogP) is 6.24. The molecule has 1 heterocycles. The Morgan fingerprint density at radius 1 is 1.03 bits per heavy atom. The maximum absolute atomic E-state index is 11.6. The number of rotatable bonds is 10. The normalized spacial score (nSPS) is 11.8. The van der Waals surface area contributed by atoms with Crippen molar-refractivity contribution in [2.45, 2.75) is 30.9 Å². The van der Waals surface area contributed by atoms with Crippen molar-refractivity contribution >= 4 is 23.4 Å². The fourth-order valence-corrected chi connectivity index (χ4v) is 4.92. The Labute approximate surface area is 218 Å². The molecule has 0 saturated heterocycles. The van der Waals surface area contributed by atoms with Gasteiger partial charge in [0.1, 0.15) is 17.7 Å². The highest BCUT2D eigenvalue weighted by atomic mass is 35.5. The molecule has 0 aliphatic rings. The van der Waals surface area contributed by atoms with Gasteiger partial charge in [0.15, 0.2) is 16.7 Å². The molecule has 10 heteroatoms. The van der Waals surface area contributed by atoms with E-state index in [9.17, 15) is 10.1 Å². The van der Waals surface area contributed by atoms with Crippen LogP contribution in [-0.2, 0) is 6.61 Å². The van der Waals surface area contributed by atoms with Crippen LogP contribution in [0.2, 0.25) is 5.02 Å². The van der Waals surface area contributed by atoms with Crippen molar-refractivity contribution in [3.05, 3.63) is 104 Å². The second kappa shape index (κ2) is 11.5. The number of ether oxygens (including phenoxy) is 2. The van der Waals surface area contributed by atoms with Gasteiger partial charge in [-0.3, -0.25) is 14.7 Å². The SMILES string of the molecule is COc1cc([C@H](C[N+](=O)[O-])Sc2nnc(C)n2-c2ccc(Cl)cc2)ccc1OCc1ccc(C)cc1. The first-order valence-corrected chi connectivity index (χ1v) is 12.4. The molecule has 0 amide bonds. The van der Waals surface area contributed by atoms with E-state index in [1.54, 1.807) is 31.4 Å². The molecule has 1 atom stereocenters. The van der Waals surface area contributed by atoms with Crippen LogP contribution in [0.25, 0.3) is 5.69 Å². The van der Waals surface area contributed by atoms with Gasteiger partial charge in [0.25, 0.3) is 0 Å². The summed E-state index contributed by atoms with van der Waals surface area (Å²) >= 11 is 7.31. The van der Waals surface area contributed by atoms with Crippen LogP contribution in [0, 0.1) is 24.0 Å². The van der Waals surface area contributed by atoms with Crippen LogP contribution in [0.15, 0.2) is 71.9 Å². The molecule has 186 valence electrons. The lowest BCUT2D eigenvalue weighted by Crippen LogP contribution is -2.11. The standard InChI is InChI=1S/C26H25ClN4O4S/c1-17-4-6-19(7-5-17)16-35-23-13-8-20(14-24(23)34-3)25(15-30(32)33)36-26-29-28-18(2)31(26)22-11-9-21(27)10-12-22/h4-14,25H,15-16H2,1-3H3/t25-/m0/s1. The lowest BCUT2D eigenvalue weighted by Gasteiger charge is -2.17. The Morgan fingerprint density at radius 3 is 2.42 bits per heavy atom. The van der Waals surface area contributed by atoms with E-state index < -0.39 is 5.25 Å². The van der Waals surface area contributed by atoms with E-state index in [1.807, 2.05) is 60.9 Å². The molecular weight excluding hydrogens is 500 g/mol. The van der Waals surface area contributed by atoms with Crippen molar-refractivity contribution < 1.29 is 14.4 Å². The van der Waals surface area contributed by atoms with E-state index in [-0.39, 0.29) is 11.5 Å². The molecule has 4 aromatic rings. The molecule has 0 N–H and O–H groups in total. The zero-order chi connectivity index (χ0) is 25.7. The molecule has 0 saturated carbocycles.